The molecule has 1 aromatic heterocycles. The van der Waals surface area contributed by atoms with Crippen molar-refractivity contribution in [3.63, 3.8) is 0 Å². The summed E-state index contributed by atoms with van der Waals surface area (Å²) in [6, 6.07) is 2.62. The predicted molar refractivity (Wildman–Crippen MR) is 120 cm³/mol. The predicted octanol–water partition coefficient (Wildman–Crippen LogP) is 2.88. The lowest BCUT2D eigenvalue weighted by atomic mass is 9.87. The van der Waals surface area contributed by atoms with Crippen LogP contribution in [-0.4, -0.2) is 58.3 Å². The van der Waals surface area contributed by atoms with Crippen LogP contribution in [0, 0.1) is 17.2 Å². The SMILES string of the molecule is CC(O)CC(=O)N1CCN(c2nc(C3CC3)c3c(c2C#N)CC(C)(C)OC3)CC1C1CC1. The average Bonchev–Trinajstić information content (AvgIpc) is 3.63. The molecule has 2 atom stereocenters. The van der Waals surface area contributed by atoms with Crippen LogP contribution in [-0.2, 0) is 22.6 Å². The molecule has 172 valence electrons. The Morgan fingerprint density at radius 3 is 2.66 bits per heavy atom. The second kappa shape index (κ2) is 8.00. The first-order valence-corrected chi connectivity index (χ1v) is 12.1. The molecular weight excluding hydrogens is 404 g/mol. The third kappa shape index (κ3) is 4.11. The minimum Gasteiger partial charge on any atom is -0.393 e. The number of ether oxygens (including phenoxy) is 1. The molecule has 3 fully saturated rings. The summed E-state index contributed by atoms with van der Waals surface area (Å²) in [7, 11) is 0. The average molecular weight is 439 g/mol. The molecule has 1 saturated heterocycles. The van der Waals surface area contributed by atoms with Crippen molar-refractivity contribution < 1.29 is 14.6 Å². The van der Waals surface area contributed by atoms with Crippen molar-refractivity contribution in [3.05, 3.63) is 22.4 Å². The van der Waals surface area contributed by atoms with E-state index in [1.54, 1.807) is 6.92 Å². The van der Waals surface area contributed by atoms with E-state index in [4.69, 9.17) is 9.72 Å². The van der Waals surface area contributed by atoms with Crippen LogP contribution in [0.3, 0.4) is 0 Å². The maximum Gasteiger partial charge on any atom is 0.225 e. The zero-order valence-electron chi connectivity index (χ0n) is 19.4. The molecule has 2 saturated carbocycles. The summed E-state index contributed by atoms with van der Waals surface area (Å²) in [5.74, 6) is 1.83. The van der Waals surface area contributed by atoms with Crippen LogP contribution >= 0.6 is 0 Å². The van der Waals surface area contributed by atoms with Crippen LogP contribution in [0.2, 0.25) is 0 Å². The lowest BCUT2D eigenvalue weighted by Gasteiger charge is -2.43. The number of amides is 1. The van der Waals surface area contributed by atoms with Crippen molar-refractivity contribution in [1.29, 1.82) is 5.26 Å². The van der Waals surface area contributed by atoms with Crippen molar-refractivity contribution >= 4 is 11.7 Å². The molecule has 0 radical (unpaired) electrons. The Labute approximate surface area is 190 Å². The fourth-order valence-electron chi connectivity index (χ4n) is 5.39. The Balaban J connectivity index is 1.49. The summed E-state index contributed by atoms with van der Waals surface area (Å²) in [5, 5.41) is 19.9. The molecule has 3 heterocycles. The second-order valence-electron chi connectivity index (χ2n) is 10.8. The number of aliphatic hydroxyl groups excluding tert-OH is 1. The fraction of sp³-hybridized carbons (Fsp3) is 0.720. The van der Waals surface area contributed by atoms with Crippen LogP contribution in [0.1, 0.15) is 81.2 Å². The number of rotatable bonds is 5. The van der Waals surface area contributed by atoms with E-state index in [-0.39, 0.29) is 24.0 Å². The molecule has 1 N–H and O–H groups in total. The number of aromatic nitrogens is 1. The Kier molecular flexibility index (Phi) is 5.42. The number of nitrogens with zero attached hydrogens (tertiary/aromatic N) is 4. The van der Waals surface area contributed by atoms with E-state index < -0.39 is 6.10 Å². The standard InChI is InChI=1S/C25H34N4O3/c1-15(30)10-22(31)29-9-8-28(13-21(29)16-4-5-16)24-19(12-26)18-11-25(2,3)32-14-20(18)23(27-24)17-6-7-17/h15-17,21,30H,4-11,13-14H2,1-3H3. The van der Waals surface area contributed by atoms with Crippen LogP contribution in [0.4, 0.5) is 5.82 Å². The van der Waals surface area contributed by atoms with E-state index in [0.29, 0.717) is 43.6 Å². The minimum absolute atomic E-state index is 0.0352. The smallest absolute Gasteiger partial charge is 0.225 e. The molecule has 2 aliphatic heterocycles. The zero-order valence-corrected chi connectivity index (χ0v) is 19.4. The molecule has 7 heteroatoms. The third-order valence-electron chi connectivity index (χ3n) is 7.39. The van der Waals surface area contributed by atoms with E-state index >= 15 is 0 Å². The maximum atomic E-state index is 12.8. The first-order valence-electron chi connectivity index (χ1n) is 12.1. The van der Waals surface area contributed by atoms with E-state index in [9.17, 15) is 15.2 Å². The molecule has 1 aromatic rings. The Hall–Kier alpha value is -2.17. The van der Waals surface area contributed by atoms with E-state index in [1.165, 1.54) is 0 Å². The van der Waals surface area contributed by atoms with Gasteiger partial charge in [0.05, 0.1) is 42.0 Å². The zero-order chi connectivity index (χ0) is 22.6. The first kappa shape index (κ1) is 21.7. The van der Waals surface area contributed by atoms with Gasteiger partial charge >= 0.3 is 0 Å². The van der Waals surface area contributed by atoms with Gasteiger partial charge in [0.15, 0.2) is 0 Å². The summed E-state index contributed by atoms with van der Waals surface area (Å²) in [6.45, 7) is 8.36. The van der Waals surface area contributed by atoms with E-state index in [2.05, 4.69) is 24.8 Å². The number of piperazine rings is 1. The molecule has 0 aromatic carbocycles. The molecule has 4 aliphatic rings. The number of anilines is 1. The van der Waals surface area contributed by atoms with Crippen LogP contribution in [0.15, 0.2) is 0 Å². The number of carbonyl (C=O) groups excluding carboxylic acids is 1. The lowest BCUT2D eigenvalue weighted by Crippen LogP contribution is -2.57. The number of pyridine rings is 1. The Morgan fingerprint density at radius 1 is 1.28 bits per heavy atom. The minimum atomic E-state index is -0.625. The van der Waals surface area contributed by atoms with Gasteiger partial charge in [-0.25, -0.2) is 4.98 Å². The second-order valence-corrected chi connectivity index (χ2v) is 10.8. The number of nitriles is 1. The number of aliphatic hydroxyl groups is 1. The fourth-order valence-corrected chi connectivity index (χ4v) is 5.39. The van der Waals surface area contributed by atoms with Crippen LogP contribution in [0.25, 0.3) is 0 Å². The largest absolute Gasteiger partial charge is 0.393 e. The van der Waals surface area contributed by atoms with Gasteiger partial charge in [-0.15, -0.1) is 0 Å². The quantitative estimate of drug-likeness (QED) is 0.760. The number of carbonyl (C=O) groups is 1. The summed E-state index contributed by atoms with van der Waals surface area (Å²) in [4.78, 5) is 22.1. The molecule has 0 bridgehead atoms. The molecule has 5 rings (SSSR count). The van der Waals surface area contributed by atoms with Crippen LogP contribution < -0.4 is 4.90 Å². The highest BCUT2D eigenvalue weighted by Gasteiger charge is 2.43. The van der Waals surface area contributed by atoms with Gasteiger partial charge in [-0.2, -0.15) is 5.26 Å². The number of fused-ring (bicyclic) bond motifs is 1. The lowest BCUT2D eigenvalue weighted by molar-refractivity contribution is -0.136. The van der Waals surface area contributed by atoms with Gasteiger partial charge in [0.2, 0.25) is 5.91 Å². The summed E-state index contributed by atoms with van der Waals surface area (Å²) in [5.41, 5.74) is 3.78. The van der Waals surface area contributed by atoms with Crippen molar-refractivity contribution in [2.45, 2.75) is 89.6 Å². The van der Waals surface area contributed by atoms with Crippen molar-refractivity contribution in [2.75, 3.05) is 24.5 Å². The normalized spacial score (nSPS) is 25.8. The molecule has 2 unspecified atom stereocenters. The summed E-state index contributed by atoms with van der Waals surface area (Å²) in [6.07, 6.45) is 4.85. The van der Waals surface area contributed by atoms with Crippen LogP contribution in [0.5, 0.6) is 0 Å². The van der Waals surface area contributed by atoms with Gasteiger partial charge in [0, 0.05) is 37.5 Å². The highest BCUT2D eigenvalue weighted by molar-refractivity contribution is 5.77. The van der Waals surface area contributed by atoms with E-state index in [1.807, 2.05) is 4.90 Å². The monoisotopic (exact) mass is 438 g/mol. The van der Waals surface area contributed by atoms with Gasteiger partial charge in [-0.3, -0.25) is 4.79 Å². The van der Waals surface area contributed by atoms with Crippen molar-refractivity contribution in [1.82, 2.24) is 9.88 Å². The van der Waals surface area contributed by atoms with Gasteiger partial charge < -0.3 is 19.6 Å². The molecular formula is C25H34N4O3. The van der Waals surface area contributed by atoms with Gasteiger partial charge in [0.1, 0.15) is 11.9 Å². The third-order valence-corrected chi connectivity index (χ3v) is 7.39. The Morgan fingerprint density at radius 2 is 2.03 bits per heavy atom. The molecule has 2 aliphatic carbocycles. The van der Waals surface area contributed by atoms with Crippen molar-refractivity contribution in [3.8, 4) is 6.07 Å². The van der Waals surface area contributed by atoms with Gasteiger partial charge in [-0.05, 0) is 57.9 Å². The first-order chi connectivity index (χ1) is 15.3. The van der Waals surface area contributed by atoms with E-state index in [0.717, 1.165) is 54.7 Å². The highest BCUT2D eigenvalue weighted by Crippen LogP contribution is 2.46. The van der Waals surface area contributed by atoms with Crippen molar-refractivity contribution in [2.24, 2.45) is 5.92 Å². The molecule has 0 spiro atoms. The summed E-state index contributed by atoms with van der Waals surface area (Å²) >= 11 is 0. The molecule has 1 amide bonds. The topological polar surface area (TPSA) is 89.7 Å². The number of hydrogen-bond acceptors (Lipinski definition) is 6. The maximum absolute atomic E-state index is 12.8. The van der Waals surface area contributed by atoms with Gasteiger partial charge in [0.25, 0.3) is 0 Å². The molecule has 32 heavy (non-hydrogen) atoms. The Bertz CT molecular complexity index is 959. The number of hydrogen-bond donors (Lipinski definition) is 1. The molecule has 7 nitrogen and oxygen atoms in total. The summed E-state index contributed by atoms with van der Waals surface area (Å²) < 4.78 is 6.10. The highest BCUT2D eigenvalue weighted by atomic mass is 16.5. The van der Waals surface area contributed by atoms with Gasteiger partial charge in [-0.1, -0.05) is 0 Å².